The van der Waals surface area contributed by atoms with Crippen LogP contribution in [0.1, 0.15) is 59.1 Å². The summed E-state index contributed by atoms with van der Waals surface area (Å²) in [6.07, 6.45) is 3.63. The maximum atomic E-state index is 13.3. The van der Waals surface area contributed by atoms with Crippen LogP contribution in [0.4, 0.5) is 0 Å². The molecule has 0 unspecified atom stereocenters. The van der Waals surface area contributed by atoms with E-state index in [0.29, 0.717) is 31.7 Å². The smallest absolute Gasteiger partial charge is 0.248 e. The van der Waals surface area contributed by atoms with Gasteiger partial charge in [0.15, 0.2) is 0 Å². The minimum atomic E-state index is -3.58. The average molecular weight is 528 g/mol. The number of hydrogen-bond acceptors (Lipinski definition) is 5. The van der Waals surface area contributed by atoms with E-state index in [1.807, 2.05) is 65.1 Å². The molecule has 2 heterocycles. The molecule has 1 N–H and O–H groups in total. The van der Waals surface area contributed by atoms with Crippen molar-refractivity contribution in [3.05, 3.63) is 60.3 Å². The summed E-state index contributed by atoms with van der Waals surface area (Å²) in [5.74, 6) is 0.449. The molecule has 1 aliphatic heterocycles. The highest BCUT2D eigenvalue weighted by Crippen LogP contribution is 2.32. The van der Waals surface area contributed by atoms with Gasteiger partial charge in [-0.05, 0) is 83.4 Å². The minimum absolute atomic E-state index is 0.0259. The Bertz CT molecular complexity index is 1330. The summed E-state index contributed by atoms with van der Waals surface area (Å²) in [5.41, 5.74) is 4.04. The van der Waals surface area contributed by atoms with E-state index in [1.165, 1.54) is 0 Å². The van der Waals surface area contributed by atoms with Gasteiger partial charge < -0.3 is 9.30 Å². The molecule has 0 saturated carbocycles. The number of rotatable bonds is 8. The molecule has 1 fully saturated rings. The molecule has 1 aliphatic rings. The van der Waals surface area contributed by atoms with Gasteiger partial charge in [-0.15, -0.1) is 0 Å². The third-order valence-corrected chi connectivity index (χ3v) is 8.21. The number of hydrogen-bond donors (Lipinski definition) is 1. The molecule has 0 radical (unpaired) electrons. The number of carbonyl (C=O) groups excluding carboxylic acids is 1. The molecule has 0 aliphatic carbocycles. The van der Waals surface area contributed by atoms with E-state index >= 15 is 0 Å². The predicted molar refractivity (Wildman–Crippen MR) is 144 cm³/mol. The first-order chi connectivity index (χ1) is 17.4. The van der Waals surface area contributed by atoms with Crippen molar-refractivity contribution in [3.8, 4) is 5.75 Å². The molecule has 0 atom stereocenters. The van der Waals surface area contributed by atoms with Crippen molar-refractivity contribution in [1.82, 2.24) is 14.4 Å². The van der Waals surface area contributed by atoms with Crippen molar-refractivity contribution < 1.29 is 22.8 Å². The third-order valence-electron chi connectivity index (χ3n) is 6.30. The quantitative estimate of drug-likeness (QED) is 0.423. The van der Waals surface area contributed by atoms with Gasteiger partial charge >= 0.3 is 0 Å². The van der Waals surface area contributed by atoms with Crippen LogP contribution >= 0.6 is 0 Å². The van der Waals surface area contributed by atoms with E-state index in [0.717, 1.165) is 16.5 Å². The summed E-state index contributed by atoms with van der Waals surface area (Å²) in [6, 6.07) is 14.8. The molecule has 200 valence electrons. The standard InChI is InChI=1S/C28H37N3O5S/c1-20(2)35-23-10-12-24(13-11-23)37(33,34)30-16-14-22(15-17-30)31-19-21(25-8-6-7-9-26(25)31)18-27(32)29-36-28(3,4)5/h6-13,19-20,22H,14-18H2,1-5H3,(H,29,32). The van der Waals surface area contributed by atoms with Gasteiger partial charge in [-0.2, -0.15) is 4.31 Å². The highest BCUT2D eigenvalue weighted by Gasteiger charge is 2.31. The number of sulfonamides is 1. The van der Waals surface area contributed by atoms with Gasteiger partial charge in [0.2, 0.25) is 15.9 Å². The number of aromatic nitrogens is 1. The van der Waals surface area contributed by atoms with Crippen LogP contribution in [0.2, 0.25) is 0 Å². The Morgan fingerprint density at radius 1 is 1.05 bits per heavy atom. The van der Waals surface area contributed by atoms with E-state index in [4.69, 9.17) is 9.57 Å². The zero-order chi connectivity index (χ0) is 26.8. The molecule has 0 spiro atoms. The highest BCUT2D eigenvalue weighted by molar-refractivity contribution is 7.89. The summed E-state index contributed by atoms with van der Waals surface area (Å²) in [6.45, 7) is 10.4. The van der Waals surface area contributed by atoms with E-state index in [2.05, 4.69) is 10.0 Å². The first kappa shape index (κ1) is 27.2. The number of piperidine rings is 1. The summed E-state index contributed by atoms with van der Waals surface area (Å²) in [7, 11) is -3.58. The van der Waals surface area contributed by atoms with Crippen molar-refractivity contribution in [3.63, 3.8) is 0 Å². The lowest BCUT2D eigenvalue weighted by molar-refractivity contribution is -0.144. The fourth-order valence-corrected chi connectivity index (χ4v) is 6.08. The minimum Gasteiger partial charge on any atom is -0.491 e. The molecule has 3 aromatic rings. The first-order valence-corrected chi connectivity index (χ1v) is 14.2. The topological polar surface area (TPSA) is 89.9 Å². The number of benzene rings is 2. The molecular weight excluding hydrogens is 490 g/mol. The van der Waals surface area contributed by atoms with Crippen molar-refractivity contribution in [2.75, 3.05) is 13.1 Å². The van der Waals surface area contributed by atoms with Gasteiger partial charge in [0.1, 0.15) is 5.75 Å². The number of ether oxygens (including phenoxy) is 1. The van der Waals surface area contributed by atoms with Crippen molar-refractivity contribution in [2.24, 2.45) is 0 Å². The van der Waals surface area contributed by atoms with Gasteiger partial charge in [0, 0.05) is 36.2 Å². The molecule has 37 heavy (non-hydrogen) atoms. The molecule has 1 amide bonds. The van der Waals surface area contributed by atoms with Crippen LogP contribution < -0.4 is 10.2 Å². The number of amides is 1. The second kappa shape index (κ2) is 10.8. The zero-order valence-corrected chi connectivity index (χ0v) is 23.0. The molecule has 1 aromatic heterocycles. The third kappa shape index (κ3) is 6.52. The number of para-hydroxylation sites is 1. The monoisotopic (exact) mass is 527 g/mol. The lowest BCUT2D eigenvalue weighted by atomic mass is 10.1. The van der Waals surface area contributed by atoms with Crippen molar-refractivity contribution in [2.45, 2.75) is 76.5 Å². The summed E-state index contributed by atoms with van der Waals surface area (Å²) in [5, 5.41) is 1.02. The van der Waals surface area contributed by atoms with E-state index in [9.17, 15) is 13.2 Å². The normalized spacial score (nSPS) is 15.8. The molecule has 1 saturated heterocycles. The SMILES string of the molecule is CC(C)Oc1ccc(S(=O)(=O)N2CCC(n3cc(CC(=O)NOC(C)(C)C)c4ccccc43)CC2)cc1. The van der Waals surface area contributed by atoms with Crippen LogP contribution in [-0.4, -0.2) is 48.0 Å². The van der Waals surface area contributed by atoms with Crippen molar-refractivity contribution >= 4 is 26.8 Å². The molecule has 9 heteroatoms. The van der Waals surface area contributed by atoms with E-state index < -0.39 is 15.6 Å². The fraction of sp³-hybridized carbons (Fsp3) is 0.464. The van der Waals surface area contributed by atoms with Gasteiger partial charge in [0.05, 0.1) is 23.0 Å². The summed E-state index contributed by atoms with van der Waals surface area (Å²) >= 11 is 0. The average Bonchev–Trinajstić information content (AvgIpc) is 3.21. The number of nitrogens with one attached hydrogen (secondary N) is 1. The second-order valence-corrected chi connectivity index (χ2v) is 12.7. The van der Waals surface area contributed by atoms with E-state index in [1.54, 1.807) is 28.6 Å². The Morgan fingerprint density at radius 3 is 2.32 bits per heavy atom. The summed E-state index contributed by atoms with van der Waals surface area (Å²) in [4.78, 5) is 18.2. The Morgan fingerprint density at radius 2 is 1.70 bits per heavy atom. The van der Waals surface area contributed by atoms with Gasteiger partial charge in [0.25, 0.3) is 0 Å². The Labute approximate surface area is 219 Å². The van der Waals surface area contributed by atoms with E-state index in [-0.39, 0.29) is 29.4 Å². The highest BCUT2D eigenvalue weighted by atomic mass is 32.2. The zero-order valence-electron chi connectivity index (χ0n) is 22.2. The fourth-order valence-electron chi connectivity index (χ4n) is 4.61. The van der Waals surface area contributed by atoms with Crippen LogP contribution in [0.5, 0.6) is 5.75 Å². The number of nitrogens with zero attached hydrogens (tertiary/aromatic N) is 2. The Kier molecular flexibility index (Phi) is 7.96. The van der Waals surface area contributed by atoms with Crippen LogP contribution in [0.25, 0.3) is 10.9 Å². The van der Waals surface area contributed by atoms with Gasteiger partial charge in [-0.3, -0.25) is 9.63 Å². The lowest BCUT2D eigenvalue weighted by Crippen LogP contribution is -2.38. The maximum Gasteiger partial charge on any atom is 0.248 e. The largest absolute Gasteiger partial charge is 0.491 e. The maximum absolute atomic E-state index is 13.3. The molecule has 8 nitrogen and oxygen atoms in total. The molecule has 2 aromatic carbocycles. The Hall–Kier alpha value is -2.88. The van der Waals surface area contributed by atoms with Gasteiger partial charge in [-0.1, -0.05) is 18.2 Å². The first-order valence-electron chi connectivity index (χ1n) is 12.8. The molecule has 0 bridgehead atoms. The lowest BCUT2D eigenvalue weighted by Gasteiger charge is -2.32. The number of carbonyl (C=O) groups is 1. The molecule has 4 rings (SSSR count). The van der Waals surface area contributed by atoms with Crippen LogP contribution in [0.3, 0.4) is 0 Å². The van der Waals surface area contributed by atoms with Crippen LogP contribution in [-0.2, 0) is 26.1 Å². The number of fused-ring (bicyclic) bond motifs is 1. The Balaban J connectivity index is 1.46. The van der Waals surface area contributed by atoms with Crippen molar-refractivity contribution in [1.29, 1.82) is 0 Å². The number of hydroxylamine groups is 1. The second-order valence-electron chi connectivity index (χ2n) is 10.8. The molecular formula is C28H37N3O5S. The van der Waals surface area contributed by atoms with Crippen LogP contribution in [0, 0.1) is 0 Å². The summed E-state index contributed by atoms with van der Waals surface area (Å²) < 4.78 is 35.9. The van der Waals surface area contributed by atoms with Gasteiger partial charge in [-0.25, -0.2) is 13.9 Å². The predicted octanol–water partition coefficient (Wildman–Crippen LogP) is 4.84. The van der Waals surface area contributed by atoms with Crippen LogP contribution in [0.15, 0.2) is 59.6 Å².